The molecule has 1 saturated heterocycles. The fourth-order valence-corrected chi connectivity index (χ4v) is 27.8. The van der Waals surface area contributed by atoms with Crippen LogP contribution >= 0.6 is 0 Å². The van der Waals surface area contributed by atoms with Crippen LogP contribution in [-0.4, -0.2) is 19.0 Å². The molecule has 0 bridgehead atoms. The zero-order chi connectivity index (χ0) is 105. The summed E-state index contributed by atoms with van der Waals surface area (Å²) < 4.78 is 12.0. The van der Waals surface area contributed by atoms with Crippen LogP contribution in [-0.2, 0) is 152 Å². The number of hydrogen-bond acceptors (Lipinski definition) is 2. The van der Waals surface area contributed by atoms with E-state index in [4.69, 9.17) is 9.47 Å². The molecular formula is C136H224O2. The summed E-state index contributed by atoms with van der Waals surface area (Å²) in [6, 6.07) is 29.0. The molecule has 5 saturated carbocycles. The molecular weight excluding hydrogens is 1670 g/mol. The lowest BCUT2D eigenvalue weighted by atomic mass is 9.77. The molecule has 780 valence electrons. The van der Waals surface area contributed by atoms with Gasteiger partial charge in [0.15, 0.2) is 5.79 Å². The summed E-state index contributed by atoms with van der Waals surface area (Å²) in [7, 11) is 0. The largest absolute Gasteiger partial charge is 0.347 e. The molecule has 11 aliphatic carbocycles. The molecule has 6 aromatic carbocycles. The zero-order valence-corrected chi connectivity index (χ0v) is 101. The van der Waals surface area contributed by atoms with E-state index in [0.717, 1.165) is 26.1 Å². The van der Waals surface area contributed by atoms with E-state index in [2.05, 4.69) is 322 Å². The third-order valence-electron chi connectivity index (χ3n) is 33.8. The van der Waals surface area contributed by atoms with E-state index in [9.17, 15) is 0 Å². The minimum absolute atomic E-state index is 0.157. The van der Waals surface area contributed by atoms with Gasteiger partial charge in [-0.15, -0.1) is 0 Å². The van der Waals surface area contributed by atoms with Crippen molar-refractivity contribution < 1.29 is 9.47 Å². The first-order chi connectivity index (χ1) is 63.7. The standard InChI is InChI=1S/5C21H32.C19H28O2.6C2H6/c5*1-19(2,3)17-9-10-18(20(4,5)6)16-14-21(13-15(16)17)11-7-8-12-21;1-17(2,3)15-7-8-16(18(4,5)6)14-12-19(11-13(14)15)20-9-10-21-19;6*1-2/h5*9-10H,7-8,11-14H2,1-6H3;7-8H,9-12H2,1-6H3;6*1-2H3. The highest BCUT2D eigenvalue weighted by molar-refractivity contribution is 5.57. The molecule has 6 aromatic rings. The third kappa shape index (κ3) is 27.7. The zero-order valence-electron chi connectivity index (χ0n) is 101. The van der Waals surface area contributed by atoms with Crippen molar-refractivity contribution in [3.05, 3.63) is 206 Å². The summed E-state index contributed by atoms with van der Waals surface area (Å²) in [6.07, 6.45) is 44.3. The average molecular weight is 1890 g/mol. The topological polar surface area (TPSA) is 18.5 Å². The highest BCUT2D eigenvalue weighted by Gasteiger charge is 2.51. The van der Waals surface area contributed by atoms with Crippen LogP contribution in [0.2, 0.25) is 0 Å². The van der Waals surface area contributed by atoms with Crippen molar-refractivity contribution in [1.82, 2.24) is 0 Å². The third-order valence-corrected chi connectivity index (χ3v) is 33.8. The van der Waals surface area contributed by atoms with Crippen molar-refractivity contribution in [2.45, 2.75) is 609 Å². The van der Waals surface area contributed by atoms with Crippen LogP contribution < -0.4 is 0 Å². The molecule has 6 fully saturated rings. The highest BCUT2D eigenvalue weighted by Crippen LogP contribution is 2.60. The summed E-state index contributed by atoms with van der Waals surface area (Å²) in [6.45, 7) is 110. The molecule has 0 radical (unpaired) electrons. The van der Waals surface area contributed by atoms with Gasteiger partial charge < -0.3 is 9.47 Å². The Morgan fingerprint density at radius 3 is 0.319 bits per heavy atom. The first-order valence-corrected chi connectivity index (χ1v) is 58.0. The maximum absolute atomic E-state index is 6.00. The Labute approximate surface area is 858 Å². The maximum Gasteiger partial charge on any atom is 0.176 e. The van der Waals surface area contributed by atoms with Gasteiger partial charge in [0.2, 0.25) is 0 Å². The van der Waals surface area contributed by atoms with Crippen molar-refractivity contribution in [1.29, 1.82) is 0 Å². The smallest absolute Gasteiger partial charge is 0.176 e. The van der Waals surface area contributed by atoms with E-state index in [1.807, 2.05) is 83.1 Å². The van der Waals surface area contributed by atoms with Crippen LogP contribution in [0.25, 0.3) is 0 Å². The molecule has 1 aliphatic heterocycles. The molecule has 18 rings (SSSR count). The van der Waals surface area contributed by atoms with Crippen LogP contribution in [0, 0.1) is 27.1 Å². The first-order valence-electron chi connectivity index (χ1n) is 58.0. The van der Waals surface area contributed by atoms with Crippen LogP contribution in [0.3, 0.4) is 0 Å². The second kappa shape index (κ2) is 45.7. The molecule has 1 heterocycles. The fraction of sp³-hybridized carbons (Fsp3) is 0.735. The molecule has 0 aromatic heterocycles. The number of hydrogen-bond donors (Lipinski definition) is 0. The Hall–Kier alpha value is -4.76. The first kappa shape index (κ1) is 120. The summed E-state index contributed by atoms with van der Waals surface area (Å²) in [4.78, 5) is 0. The van der Waals surface area contributed by atoms with Crippen molar-refractivity contribution in [2.75, 3.05) is 13.2 Å². The Balaban J connectivity index is 0.000000220. The monoisotopic (exact) mass is 1890 g/mol. The van der Waals surface area contributed by atoms with E-state index in [0.29, 0.717) is 27.1 Å². The molecule has 6 spiro atoms. The summed E-state index contributed by atoms with van der Waals surface area (Å²) >= 11 is 0. The minimum atomic E-state index is -0.385. The van der Waals surface area contributed by atoms with E-state index < -0.39 is 0 Å². The van der Waals surface area contributed by atoms with E-state index >= 15 is 0 Å². The van der Waals surface area contributed by atoms with Gasteiger partial charge in [0, 0.05) is 12.8 Å². The van der Waals surface area contributed by atoms with Crippen molar-refractivity contribution in [2.24, 2.45) is 27.1 Å². The Morgan fingerprint density at radius 2 is 0.232 bits per heavy atom. The molecule has 2 nitrogen and oxygen atoms in total. The second-order valence-corrected chi connectivity index (χ2v) is 57.0. The molecule has 0 atom stereocenters. The van der Waals surface area contributed by atoms with Gasteiger partial charge in [-0.1, -0.05) is 469 Å². The van der Waals surface area contributed by atoms with Crippen molar-refractivity contribution in [3.63, 3.8) is 0 Å². The molecule has 138 heavy (non-hydrogen) atoms. The molecule has 0 unspecified atom stereocenters. The lowest BCUT2D eigenvalue weighted by Gasteiger charge is -2.28. The molecule has 2 heteroatoms. The lowest BCUT2D eigenvalue weighted by Crippen LogP contribution is -2.31. The van der Waals surface area contributed by atoms with Gasteiger partial charge in [-0.2, -0.15) is 0 Å². The summed E-state index contributed by atoms with van der Waals surface area (Å²) in [5.41, 5.74) is 45.2. The number of rotatable bonds is 0. The SMILES string of the molecule is CC.CC.CC.CC.CC.CC.CC(C)(C)c1ccc(C(C)(C)C)c2c1CC1(C2)OCCO1.CC(C)(C)c1ccc(C(C)(C)C)c2c1CC1(CCCC1)C2.CC(C)(C)c1ccc(C(C)(C)C)c2c1CC1(CCCC1)C2.CC(C)(C)c1ccc(C(C)(C)C)c2c1CC1(CCCC1)C2.CC(C)(C)c1ccc(C(C)(C)C)c2c1CC1(CCCC1)C2.CC(C)(C)c1ccc(C(C)(C)C)c2c1CC1(CCCC1)C2. The van der Waals surface area contributed by atoms with E-state index in [-0.39, 0.29) is 70.8 Å². The van der Waals surface area contributed by atoms with Gasteiger partial charge in [0.1, 0.15) is 0 Å². The number of fused-ring (bicyclic) bond motifs is 6. The van der Waals surface area contributed by atoms with Gasteiger partial charge in [0.05, 0.1) is 13.2 Å². The summed E-state index contributed by atoms with van der Waals surface area (Å²) in [5, 5.41) is 0. The maximum atomic E-state index is 6.00. The van der Waals surface area contributed by atoms with E-state index in [1.54, 1.807) is 111 Å². The van der Waals surface area contributed by atoms with Crippen molar-refractivity contribution in [3.8, 4) is 0 Å². The van der Waals surface area contributed by atoms with Crippen LogP contribution in [0.5, 0.6) is 0 Å². The summed E-state index contributed by atoms with van der Waals surface area (Å²) in [5.74, 6) is -0.385. The average Bonchev–Trinajstić information content (AvgIpc) is 1.61. The predicted octanol–water partition coefficient (Wildman–Crippen LogP) is 40.0. The van der Waals surface area contributed by atoms with Crippen molar-refractivity contribution >= 4 is 0 Å². The predicted molar refractivity (Wildman–Crippen MR) is 615 cm³/mol. The van der Waals surface area contributed by atoms with Crippen LogP contribution in [0.4, 0.5) is 0 Å². The highest BCUT2D eigenvalue weighted by atomic mass is 16.7. The lowest BCUT2D eigenvalue weighted by molar-refractivity contribution is -0.147. The Kier molecular flexibility index (Phi) is 39.8. The van der Waals surface area contributed by atoms with Gasteiger partial charge in [-0.3, -0.25) is 0 Å². The second-order valence-electron chi connectivity index (χ2n) is 57.0. The van der Waals surface area contributed by atoms with E-state index in [1.165, 1.54) is 215 Å². The number of benzene rings is 6. The van der Waals surface area contributed by atoms with Gasteiger partial charge in [0.25, 0.3) is 0 Å². The Bertz CT molecular complexity index is 3800. The Morgan fingerprint density at radius 1 is 0.145 bits per heavy atom. The number of ether oxygens (including phenoxy) is 2. The van der Waals surface area contributed by atoms with Gasteiger partial charge >= 0.3 is 0 Å². The molecule has 0 amide bonds. The quantitative estimate of drug-likeness (QED) is 0.151. The van der Waals surface area contributed by atoms with Crippen LogP contribution in [0.15, 0.2) is 72.8 Å². The molecule has 12 aliphatic rings. The minimum Gasteiger partial charge on any atom is -0.347 e. The van der Waals surface area contributed by atoms with Crippen LogP contribution in [0.1, 0.15) is 594 Å². The van der Waals surface area contributed by atoms with Gasteiger partial charge in [-0.05, 0) is 354 Å². The normalized spacial score (nSPS) is 19.5. The fourth-order valence-electron chi connectivity index (χ4n) is 27.8. The van der Waals surface area contributed by atoms with Gasteiger partial charge in [-0.25, -0.2) is 0 Å². The molecule has 0 N–H and O–H groups in total.